The number of methoxy groups -OCH3 is 1. The fraction of sp³-hybridized carbons (Fsp3) is 0.158. The van der Waals surface area contributed by atoms with Gasteiger partial charge in [-0.25, -0.2) is 4.79 Å². The molecule has 26 heavy (non-hydrogen) atoms. The Hall–Kier alpha value is -2.57. The Kier molecular flexibility index (Phi) is 4.09. The Balaban J connectivity index is 2.01. The van der Waals surface area contributed by atoms with Crippen LogP contribution in [0, 0.1) is 6.92 Å². The van der Waals surface area contributed by atoms with Gasteiger partial charge in [-0.15, -0.1) is 11.3 Å². The zero-order valence-electron chi connectivity index (χ0n) is 14.1. The number of amides is 1. The molecule has 5 nitrogen and oxygen atoms in total. The molecule has 0 fully saturated rings. The van der Waals surface area contributed by atoms with Gasteiger partial charge >= 0.3 is 5.97 Å². The number of aryl methyl sites for hydroxylation is 1. The van der Waals surface area contributed by atoms with Crippen LogP contribution in [0.25, 0.3) is 10.6 Å². The summed E-state index contributed by atoms with van der Waals surface area (Å²) < 4.78 is 4.98. The highest BCUT2D eigenvalue weighted by atomic mass is 35.5. The minimum atomic E-state index is -0.639. The molecule has 0 spiro atoms. The fourth-order valence-electron chi connectivity index (χ4n) is 3.45. The summed E-state index contributed by atoms with van der Waals surface area (Å²) in [6.45, 7) is 1.80. The van der Waals surface area contributed by atoms with Crippen LogP contribution < -0.4 is 5.32 Å². The first-order valence-corrected chi connectivity index (χ1v) is 9.22. The van der Waals surface area contributed by atoms with Gasteiger partial charge in [0.2, 0.25) is 5.91 Å². The standard InChI is InChI=1S/C19H15ClN2O3S/c1-9-13(19(24)25-2)15(17(21-9)12-7-4-8-26-12)14-10-5-3-6-11(20)16(10)22-18(14)23/h3-8,14,21H,1-2H3,(H,22,23)/t14-/m1/s1. The lowest BCUT2D eigenvalue weighted by molar-refractivity contribution is -0.116. The van der Waals surface area contributed by atoms with Crippen molar-refractivity contribution in [3.8, 4) is 10.6 Å². The van der Waals surface area contributed by atoms with Gasteiger partial charge in [0.25, 0.3) is 0 Å². The van der Waals surface area contributed by atoms with Crippen molar-refractivity contribution in [2.24, 2.45) is 0 Å². The number of rotatable bonds is 3. The molecule has 0 saturated carbocycles. The molecule has 1 atom stereocenters. The molecule has 2 aromatic heterocycles. The van der Waals surface area contributed by atoms with Crippen molar-refractivity contribution in [3.63, 3.8) is 0 Å². The second kappa shape index (κ2) is 6.30. The Labute approximate surface area is 159 Å². The number of carbonyl (C=O) groups excluding carboxylic acids is 2. The number of aromatic nitrogens is 1. The molecule has 0 saturated heterocycles. The molecule has 7 heteroatoms. The topological polar surface area (TPSA) is 71.2 Å². The van der Waals surface area contributed by atoms with Gasteiger partial charge in [0.05, 0.1) is 39.9 Å². The van der Waals surface area contributed by atoms with E-state index in [9.17, 15) is 9.59 Å². The minimum absolute atomic E-state index is 0.213. The zero-order valence-corrected chi connectivity index (χ0v) is 15.6. The average Bonchev–Trinajstić information content (AvgIpc) is 3.32. The third kappa shape index (κ3) is 2.45. The molecule has 0 unspecified atom stereocenters. The predicted octanol–water partition coefficient (Wildman–Crippen LogP) is 4.58. The van der Waals surface area contributed by atoms with Gasteiger partial charge < -0.3 is 15.0 Å². The summed E-state index contributed by atoms with van der Waals surface area (Å²) in [7, 11) is 1.34. The number of fused-ring (bicyclic) bond motifs is 1. The van der Waals surface area contributed by atoms with Gasteiger partial charge in [0.1, 0.15) is 0 Å². The first-order chi connectivity index (χ1) is 12.5. The van der Waals surface area contributed by atoms with E-state index < -0.39 is 11.9 Å². The molecule has 0 radical (unpaired) electrons. The van der Waals surface area contributed by atoms with Crippen LogP contribution in [0.3, 0.4) is 0 Å². The van der Waals surface area contributed by atoms with E-state index in [1.165, 1.54) is 18.4 Å². The number of aromatic amines is 1. The number of H-pyrrole nitrogens is 1. The third-order valence-electron chi connectivity index (χ3n) is 4.54. The maximum Gasteiger partial charge on any atom is 0.340 e. The normalized spacial score (nSPS) is 15.7. The SMILES string of the molecule is COC(=O)c1c(C)[nH]c(-c2cccs2)c1[C@@H]1C(=O)Nc2c(Cl)cccc21. The lowest BCUT2D eigenvalue weighted by Gasteiger charge is -2.13. The van der Waals surface area contributed by atoms with Gasteiger partial charge in [-0.1, -0.05) is 29.8 Å². The van der Waals surface area contributed by atoms with Crippen molar-refractivity contribution >= 4 is 40.5 Å². The second-order valence-electron chi connectivity index (χ2n) is 6.01. The summed E-state index contributed by atoms with van der Waals surface area (Å²) in [5.74, 6) is -1.32. The molecule has 3 aromatic rings. The molecule has 1 aliphatic heterocycles. The van der Waals surface area contributed by atoms with Crippen LogP contribution in [-0.4, -0.2) is 24.0 Å². The van der Waals surface area contributed by atoms with Gasteiger partial charge in [0, 0.05) is 11.3 Å². The van der Waals surface area contributed by atoms with Crippen molar-refractivity contribution in [3.05, 3.63) is 63.1 Å². The van der Waals surface area contributed by atoms with Crippen molar-refractivity contribution in [2.45, 2.75) is 12.8 Å². The van der Waals surface area contributed by atoms with Gasteiger partial charge in [0.15, 0.2) is 0 Å². The van der Waals surface area contributed by atoms with Crippen LogP contribution in [0.4, 0.5) is 5.69 Å². The van der Waals surface area contributed by atoms with E-state index in [0.717, 1.165) is 16.1 Å². The number of hydrogen-bond donors (Lipinski definition) is 2. The zero-order chi connectivity index (χ0) is 18.4. The molecule has 0 aliphatic carbocycles. The molecule has 2 N–H and O–H groups in total. The number of hydrogen-bond acceptors (Lipinski definition) is 4. The van der Waals surface area contributed by atoms with Gasteiger partial charge in [-0.05, 0) is 30.0 Å². The van der Waals surface area contributed by atoms with Crippen LogP contribution in [0.2, 0.25) is 5.02 Å². The summed E-state index contributed by atoms with van der Waals surface area (Å²) in [5.41, 5.74) is 3.78. The smallest absolute Gasteiger partial charge is 0.340 e. The summed E-state index contributed by atoms with van der Waals surface area (Å²) in [5, 5.41) is 5.27. The average molecular weight is 387 g/mol. The van der Waals surface area contributed by atoms with Crippen LogP contribution in [0.1, 0.15) is 33.1 Å². The predicted molar refractivity (Wildman–Crippen MR) is 102 cm³/mol. The van der Waals surface area contributed by atoms with Gasteiger partial charge in [-0.3, -0.25) is 4.79 Å². The van der Waals surface area contributed by atoms with Crippen LogP contribution in [-0.2, 0) is 9.53 Å². The van der Waals surface area contributed by atoms with E-state index in [1.807, 2.05) is 23.6 Å². The molecule has 4 rings (SSSR count). The number of carbonyl (C=O) groups is 2. The van der Waals surface area contributed by atoms with Crippen LogP contribution in [0.5, 0.6) is 0 Å². The molecular weight excluding hydrogens is 372 g/mol. The number of ether oxygens (including phenoxy) is 1. The molecule has 1 aromatic carbocycles. The quantitative estimate of drug-likeness (QED) is 0.647. The Morgan fingerprint density at radius 2 is 2.08 bits per heavy atom. The summed E-state index contributed by atoms with van der Waals surface area (Å²) in [6.07, 6.45) is 0. The van der Waals surface area contributed by atoms with Crippen molar-refractivity contribution in [2.75, 3.05) is 12.4 Å². The first-order valence-electron chi connectivity index (χ1n) is 7.96. The monoisotopic (exact) mass is 386 g/mol. The Morgan fingerprint density at radius 3 is 2.77 bits per heavy atom. The summed E-state index contributed by atoms with van der Waals surface area (Å²) >= 11 is 7.78. The van der Waals surface area contributed by atoms with Gasteiger partial charge in [-0.2, -0.15) is 0 Å². The highest BCUT2D eigenvalue weighted by molar-refractivity contribution is 7.13. The molecule has 1 amide bonds. The maximum atomic E-state index is 12.8. The Morgan fingerprint density at radius 1 is 1.27 bits per heavy atom. The third-order valence-corrected chi connectivity index (χ3v) is 5.74. The van der Waals surface area contributed by atoms with E-state index >= 15 is 0 Å². The van der Waals surface area contributed by atoms with E-state index in [1.54, 1.807) is 19.1 Å². The van der Waals surface area contributed by atoms with Crippen molar-refractivity contribution < 1.29 is 14.3 Å². The first kappa shape index (κ1) is 16.9. The van der Waals surface area contributed by atoms with Crippen molar-refractivity contribution in [1.82, 2.24) is 4.98 Å². The van der Waals surface area contributed by atoms with E-state index in [4.69, 9.17) is 16.3 Å². The lowest BCUT2D eigenvalue weighted by Crippen LogP contribution is -2.17. The molecule has 3 heterocycles. The van der Waals surface area contributed by atoms with Crippen molar-refractivity contribution in [1.29, 1.82) is 0 Å². The van der Waals surface area contributed by atoms with E-state index in [2.05, 4.69) is 10.3 Å². The number of benzene rings is 1. The molecule has 1 aliphatic rings. The number of nitrogens with one attached hydrogen (secondary N) is 2. The van der Waals surface area contributed by atoms with E-state index in [-0.39, 0.29) is 5.91 Å². The largest absolute Gasteiger partial charge is 0.465 e. The number of halogens is 1. The van der Waals surface area contributed by atoms with Crippen LogP contribution >= 0.6 is 22.9 Å². The van der Waals surface area contributed by atoms with Crippen LogP contribution in [0.15, 0.2) is 35.7 Å². The molecule has 0 bridgehead atoms. The maximum absolute atomic E-state index is 12.8. The number of para-hydroxylation sites is 1. The molecule has 132 valence electrons. The lowest BCUT2D eigenvalue weighted by atomic mass is 9.88. The molecular formula is C19H15ClN2O3S. The highest BCUT2D eigenvalue weighted by Gasteiger charge is 2.39. The fourth-order valence-corrected chi connectivity index (χ4v) is 4.42. The number of anilines is 1. The number of thiophene rings is 1. The number of esters is 1. The highest BCUT2D eigenvalue weighted by Crippen LogP contribution is 2.46. The second-order valence-corrected chi connectivity index (χ2v) is 7.36. The minimum Gasteiger partial charge on any atom is -0.465 e. The summed E-state index contributed by atoms with van der Waals surface area (Å²) in [4.78, 5) is 29.5. The Bertz CT molecular complexity index is 1020. The summed E-state index contributed by atoms with van der Waals surface area (Å²) in [6, 6.07) is 9.26. The van der Waals surface area contributed by atoms with E-state index in [0.29, 0.717) is 27.5 Å².